The molecule has 2 aliphatic heterocycles. The van der Waals surface area contributed by atoms with Gasteiger partial charge in [0, 0.05) is 26.2 Å². The van der Waals surface area contributed by atoms with Crippen molar-refractivity contribution in [3.8, 4) is 0 Å². The molecular formula is C15H24Cl2N4O2. The Morgan fingerprint density at radius 1 is 1.26 bits per heavy atom. The average molecular weight is 363 g/mol. The molecule has 0 aromatic carbocycles. The topological polar surface area (TPSA) is 66.5 Å². The molecule has 0 saturated carbocycles. The van der Waals surface area contributed by atoms with E-state index in [0.29, 0.717) is 19.0 Å². The van der Waals surface area contributed by atoms with Crippen LogP contribution in [0.1, 0.15) is 19.3 Å². The molecule has 0 spiro atoms. The molecule has 1 aromatic rings. The van der Waals surface area contributed by atoms with Crippen LogP contribution in [-0.4, -0.2) is 49.8 Å². The summed E-state index contributed by atoms with van der Waals surface area (Å²) >= 11 is 0. The Bertz CT molecular complexity index is 475. The molecule has 6 nitrogen and oxygen atoms in total. The number of hydrogen-bond donors (Lipinski definition) is 2. The smallest absolute Gasteiger partial charge is 0.255 e. The molecule has 1 unspecified atom stereocenters. The minimum atomic E-state index is -0.428. The lowest BCUT2D eigenvalue weighted by atomic mass is 10.1. The molecule has 3 heterocycles. The van der Waals surface area contributed by atoms with Gasteiger partial charge in [0.1, 0.15) is 11.9 Å². The molecule has 23 heavy (non-hydrogen) atoms. The van der Waals surface area contributed by atoms with Crippen LogP contribution in [0.3, 0.4) is 0 Å². The molecule has 130 valence electrons. The number of carbonyl (C=O) groups excluding carboxylic acids is 1. The van der Waals surface area contributed by atoms with Crippen LogP contribution in [0, 0.1) is 0 Å². The highest BCUT2D eigenvalue weighted by molar-refractivity contribution is 5.93. The number of nitrogens with zero attached hydrogens (tertiary/aromatic N) is 2. The summed E-state index contributed by atoms with van der Waals surface area (Å²) in [4.78, 5) is 18.7. The first-order valence-corrected chi connectivity index (χ1v) is 7.67. The van der Waals surface area contributed by atoms with Crippen molar-refractivity contribution in [1.82, 2.24) is 10.3 Å². The van der Waals surface area contributed by atoms with E-state index in [4.69, 9.17) is 4.74 Å². The van der Waals surface area contributed by atoms with Crippen LogP contribution in [-0.2, 0) is 9.53 Å². The number of hydrogen-bond acceptors (Lipinski definition) is 5. The monoisotopic (exact) mass is 362 g/mol. The van der Waals surface area contributed by atoms with Gasteiger partial charge in [-0.25, -0.2) is 4.98 Å². The van der Waals surface area contributed by atoms with Crippen LogP contribution in [0.25, 0.3) is 0 Å². The zero-order chi connectivity index (χ0) is 14.5. The van der Waals surface area contributed by atoms with Gasteiger partial charge in [0.2, 0.25) is 0 Å². The first-order chi connectivity index (χ1) is 10.3. The van der Waals surface area contributed by atoms with Crippen molar-refractivity contribution in [2.75, 3.05) is 43.0 Å². The van der Waals surface area contributed by atoms with E-state index in [-0.39, 0.29) is 30.7 Å². The maximum atomic E-state index is 12.0. The lowest BCUT2D eigenvalue weighted by Crippen LogP contribution is -2.45. The molecular weight excluding hydrogens is 339 g/mol. The number of halogens is 2. The highest BCUT2D eigenvalue weighted by Gasteiger charge is 2.22. The number of anilines is 2. The number of piperidine rings is 1. The molecule has 0 aliphatic carbocycles. The van der Waals surface area contributed by atoms with Crippen molar-refractivity contribution >= 4 is 42.2 Å². The second kappa shape index (κ2) is 9.93. The zero-order valence-electron chi connectivity index (χ0n) is 13.0. The summed E-state index contributed by atoms with van der Waals surface area (Å²) < 4.78 is 5.42. The van der Waals surface area contributed by atoms with Gasteiger partial charge in [0.15, 0.2) is 0 Å². The van der Waals surface area contributed by atoms with Gasteiger partial charge in [0.25, 0.3) is 5.91 Å². The van der Waals surface area contributed by atoms with Crippen LogP contribution in [0.2, 0.25) is 0 Å². The molecule has 1 amide bonds. The maximum Gasteiger partial charge on any atom is 0.255 e. The summed E-state index contributed by atoms with van der Waals surface area (Å²) in [5.41, 5.74) is 1.13. The van der Waals surface area contributed by atoms with Gasteiger partial charge < -0.3 is 20.3 Å². The highest BCUT2D eigenvalue weighted by Crippen LogP contribution is 2.20. The highest BCUT2D eigenvalue weighted by atomic mass is 35.5. The number of aromatic nitrogens is 1. The fraction of sp³-hybridized carbons (Fsp3) is 0.600. The van der Waals surface area contributed by atoms with Gasteiger partial charge in [-0.15, -0.1) is 24.8 Å². The predicted octanol–water partition coefficient (Wildman–Crippen LogP) is 1.84. The fourth-order valence-corrected chi connectivity index (χ4v) is 2.74. The summed E-state index contributed by atoms with van der Waals surface area (Å²) in [5, 5.41) is 5.95. The first kappa shape index (κ1) is 20.0. The number of carbonyl (C=O) groups is 1. The molecule has 0 bridgehead atoms. The van der Waals surface area contributed by atoms with E-state index < -0.39 is 6.10 Å². The van der Waals surface area contributed by atoms with Crippen molar-refractivity contribution in [2.45, 2.75) is 25.4 Å². The van der Waals surface area contributed by atoms with Crippen LogP contribution < -0.4 is 15.5 Å². The summed E-state index contributed by atoms with van der Waals surface area (Å²) in [5.74, 6) is 0.440. The summed E-state index contributed by atoms with van der Waals surface area (Å²) in [6, 6.07) is 3.88. The van der Waals surface area contributed by atoms with Gasteiger partial charge in [-0.2, -0.15) is 0 Å². The summed E-state index contributed by atoms with van der Waals surface area (Å²) in [6.45, 7) is 4.10. The number of nitrogens with one attached hydrogen (secondary N) is 2. The fourth-order valence-electron chi connectivity index (χ4n) is 2.74. The largest absolute Gasteiger partial charge is 0.370 e. The van der Waals surface area contributed by atoms with E-state index >= 15 is 0 Å². The third kappa shape index (κ3) is 5.49. The van der Waals surface area contributed by atoms with E-state index in [1.54, 1.807) is 0 Å². The standard InChI is InChI=1S/C15H22N4O2.2ClH/c20-15(13-11-16-6-9-21-13)18-14-5-4-12(10-17-14)19-7-2-1-3-8-19;;/h4-5,10,13,16H,1-3,6-9,11H2,(H,17,18,20);2*1H. The molecule has 1 aromatic heterocycles. The third-order valence-corrected chi connectivity index (χ3v) is 3.94. The minimum absolute atomic E-state index is 0. The van der Waals surface area contributed by atoms with Crippen molar-refractivity contribution in [1.29, 1.82) is 0 Å². The van der Waals surface area contributed by atoms with E-state index in [9.17, 15) is 4.79 Å². The van der Waals surface area contributed by atoms with E-state index in [0.717, 1.165) is 25.3 Å². The molecule has 8 heteroatoms. The van der Waals surface area contributed by atoms with E-state index in [1.807, 2.05) is 18.3 Å². The molecule has 1 atom stereocenters. The molecule has 2 N–H and O–H groups in total. The predicted molar refractivity (Wildman–Crippen MR) is 96.0 cm³/mol. The number of pyridine rings is 1. The molecule has 2 aliphatic rings. The number of ether oxygens (including phenoxy) is 1. The Hall–Kier alpha value is -1.08. The molecule has 2 fully saturated rings. The SMILES string of the molecule is Cl.Cl.O=C(Nc1ccc(N2CCCCC2)cn1)C1CNCCO1. The first-order valence-electron chi connectivity index (χ1n) is 7.67. The Morgan fingerprint density at radius 2 is 2.04 bits per heavy atom. The third-order valence-electron chi connectivity index (χ3n) is 3.94. The molecule has 0 radical (unpaired) electrons. The number of amides is 1. The lowest BCUT2D eigenvalue weighted by molar-refractivity contribution is -0.128. The van der Waals surface area contributed by atoms with Crippen molar-refractivity contribution < 1.29 is 9.53 Å². The van der Waals surface area contributed by atoms with Crippen LogP contribution >= 0.6 is 24.8 Å². The quantitative estimate of drug-likeness (QED) is 0.858. The normalized spacial score (nSPS) is 20.9. The summed E-state index contributed by atoms with van der Waals surface area (Å²) in [6.07, 6.45) is 5.20. The Morgan fingerprint density at radius 3 is 2.65 bits per heavy atom. The van der Waals surface area contributed by atoms with Gasteiger partial charge in [-0.05, 0) is 31.4 Å². The Balaban J connectivity index is 0.00000132. The summed E-state index contributed by atoms with van der Waals surface area (Å²) in [7, 11) is 0. The van der Waals surface area contributed by atoms with E-state index in [2.05, 4.69) is 20.5 Å². The molecule has 3 rings (SSSR count). The second-order valence-electron chi connectivity index (χ2n) is 5.50. The van der Waals surface area contributed by atoms with E-state index in [1.165, 1.54) is 19.3 Å². The van der Waals surface area contributed by atoms with Gasteiger partial charge >= 0.3 is 0 Å². The van der Waals surface area contributed by atoms with Crippen molar-refractivity contribution in [3.05, 3.63) is 18.3 Å². The van der Waals surface area contributed by atoms with Crippen LogP contribution in [0.4, 0.5) is 11.5 Å². The van der Waals surface area contributed by atoms with Crippen LogP contribution in [0.5, 0.6) is 0 Å². The maximum absolute atomic E-state index is 12.0. The second-order valence-corrected chi connectivity index (χ2v) is 5.50. The van der Waals surface area contributed by atoms with Gasteiger partial charge in [-0.1, -0.05) is 0 Å². The average Bonchev–Trinajstić information content (AvgIpc) is 2.57. The van der Waals surface area contributed by atoms with Gasteiger partial charge in [0.05, 0.1) is 18.5 Å². The van der Waals surface area contributed by atoms with Crippen LogP contribution in [0.15, 0.2) is 18.3 Å². The zero-order valence-corrected chi connectivity index (χ0v) is 14.6. The minimum Gasteiger partial charge on any atom is -0.370 e. The Kier molecular flexibility index (Phi) is 8.62. The number of morpholine rings is 1. The molecule has 2 saturated heterocycles. The Labute approximate surface area is 149 Å². The lowest BCUT2D eigenvalue weighted by Gasteiger charge is -2.28. The van der Waals surface area contributed by atoms with Crippen molar-refractivity contribution in [3.63, 3.8) is 0 Å². The van der Waals surface area contributed by atoms with Crippen molar-refractivity contribution in [2.24, 2.45) is 0 Å². The number of rotatable bonds is 3. The van der Waals surface area contributed by atoms with Gasteiger partial charge in [-0.3, -0.25) is 4.79 Å².